The van der Waals surface area contributed by atoms with Gasteiger partial charge in [-0.2, -0.15) is 0 Å². The number of nitrogens with one attached hydrogen (secondary N) is 1. The minimum atomic E-state index is -0.357. The van der Waals surface area contributed by atoms with Crippen molar-refractivity contribution in [1.82, 2.24) is 0 Å². The van der Waals surface area contributed by atoms with Crippen molar-refractivity contribution in [2.75, 3.05) is 11.9 Å². The maximum Gasteiger partial charge on any atom is 0.259 e. The van der Waals surface area contributed by atoms with E-state index in [0.29, 0.717) is 24.0 Å². The molecule has 0 aromatic heterocycles. The standard InChI is InChI=1S/C21H21NO3/c1-14(2)13-25-18-9-5-8-17(12-18)22-21(24)19-10-15-6-3-4-7-16(15)11-20(19)23/h3-12,14,23H,13H2,1-2H3,(H,22,24). The lowest BCUT2D eigenvalue weighted by atomic mass is 10.1. The van der Waals surface area contributed by atoms with Crippen molar-refractivity contribution < 1.29 is 14.6 Å². The van der Waals surface area contributed by atoms with Crippen LogP contribution in [0.5, 0.6) is 11.5 Å². The van der Waals surface area contributed by atoms with Crippen molar-refractivity contribution in [3.05, 3.63) is 66.2 Å². The van der Waals surface area contributed by atoms with Crippen LogP contribution in [0.15, 0.2) is 60.7 Å². The molecule has 0 spiro atoms. The zero-order valence-electron chi connectivity index (χ0n) is 14.3. The van der Waals surface area contributed by atoms with E-state index in [4.69, 9.17) is 4.74 Å². The normalized spacial score (nSPS) is 10.8. The summed E-state index contributed by atoms with van der Waals surface area (Å²) in [5.74, 6) is 0.731. The van der Waals surface area contributed by atoms with Crippen molar-refractivity contribution in [3.8, 4) is 11.5 Å². The molecule has 128 valence electrons. The number of anilines is 1. The number of carbonyl (C=O) groups is 1. The molecule has 4 nitrogen and oxygen atoms in total. The summed E-state index contributed by atoms with van der Waals surface area (Å²) in [5, 5.41) is 14.8. The summed E-state index contributed by atoms with van der Waals surface area (Å²) >= 11 is 0. The van der Waals surface area contributed by atoms with Gasteiger partial charge in [0, 0.05) is 11.8 Å². The maximum atomic E-state index is 12.5. The highest BCUT2D eigenvalue weighted by molar-refractivity contribution is 6.08. The van der Waals surface area contributed by atoms with Gasteiger partial charge in [0.1, 0.15) is 11.5 Å². The number of carbonyl (C=O) groups excluding carboxylic acids is 1. The number of hydrogen-bond donors (Lipinski definition) is 2. The molecular formula is C21H21NO3. The Hall–Kier alpha value is -3.01. The monoisotopic (exact) mass is 335 g/mol. The van der Waals surface area contributed by atoms with Crippen LogP contribution in [0.4, 0.5) is 5.69 Å². The average Bonchev–Trinajstić information content (AvgIpc) is 2.59. The molecule has 4 heteroatoms. The third-order valence-corrected chi connectivity index (χ3v) is 3.78. The predicted molar refractivity (Wildman–Crippen MR) is 100 cm³/mol. The van der Waals surface area contributed by atoms with Crippen molar-refractivity contribution in [2.24, 2.45) is 5.92 Å². The summed E-state index contributed by atoms with van der Waals surface area (Å²) in [6.45, 7) is 4.77. The van der Waals surface area contributed by atoms with Crippen molar-refractivity contribution >= 4 is 22.4 Å². The Morgan fingerprint density at radius 3 is 2.48 bits per heavy atom. The molecule has 3 rings (SSSR count). The minimum absolute atomic E-state index is 0.0385. The summed E-state index contributed by atoms with van der Waals surface area (Å²) in [5.41, 5.74) is 0.867. The van der Waals surface area contributed by atoms with Gasteiger partial charge in [-0.25, -0.2) is 0 Å². The van der Waals surface area contributed by atoms with Crippen LogP contribution in [0.2, 0.25) is 0 Å². The van der Waals surface area contributed by atoms with Crippen LogP contribution >= 0.6 is 0 Å². The van der Waals surface area contributed by atoms with E-state index in [0.717, 1.165) is 10.8 Å². The van der Waals surface area contributed by atoms with Crippen molar-refractivity contribution in [2.45, 2.75) is 13.8 Å². The molecule has 3 aromatic rings. The van der Waals surface area contributed by atoms with Gasteiger partial charge in [0.2, 0.25) is 0 Å². The number of phenols is 1. The molecule has 0 unspecified atom stereocenters. The number of benzene rings is 3. The number of aromatic hydroxyl groups is 1. The van der Waals surface area contributed by atoms with E-state index < -0.39 is 0 Å². The SMILES string of the molecule is CC(C)COc1cccc(NC(=O)c2cc3ccccc3cc2O)c1. The largest absolute Gasteiger partial charge is 0.507 e. The highest BCUT2D eigenvalue weighted by atomic mass is 16.5. The topological polar surface area (TPSA) is 58.6 Å². The molecule has 0 saturated carbocycles. The molecule has 0 saturated heterocycles. The van der Waals surface area contributed by atoms with E-state index in [1.807, 2.05) is 36.4 Å². The van der Waals surface area contributed by atoms with Gasteiger partial charge in [0.05, 0.1) is 12.2 Å². The van der Waals surface area contributed by atoms with E-state index >= 15 is 0 Å². The molecular weight excluding hydrogens is 314 g/mol. The summed E-state index contributed by atoms with van der Waals surface area (Å²) in [6, 6.07) is 18.1. The highest BCUT2D eigenvalue weighted by Gasteiger charge is 2.13. The van der Waals surface area contributed by atoms with Crippen LogP contribution in [0.1, 0.15) is 24.2 Å². The zero-order valence-corrected chi connectivity index (χ0v) is 14.3. The molecule has 2 N–H and O–H groups in total. The Balaban J connectivity index is 1.80. The molecule has 0 heterocycles. The second kappa shape index (κ2) is 7.26. The summed E-state index contributed by atoms with van der Waals surface area (Å²) in [6.07, 6.45) is 0. The quantitative estimate of drug-likeness (QED) is 0.702. The smallest absolute Gasteiger partial charge is 0.259 e. The molecule has 3 aromatic carbocycles. The molecule has 0 aliphatic heterocycles. The fraction of sp³-hybridized carbons (Fsp3) is 0.190. The van der Waals surface area contributed by atoms with Gasteiger partial charge < -0.3 is 15.2 Å². The fourth-order valence-corrected chi connectivity index (χ4v) is 2.54. The maximum absolute atomic E-state index is 12.5. The third-order valence-electron chi connectivity index (χ3n) is 3.78. The van der Waals surface area contributed by atoms with Gasteiger partial charge in [0.15, 0.2) is 0 Å². The lowest BCUT2D eigenvalue weighted by Crippen LogP contribution is -2.12. The summed E-state index contributed by atoms with van der Waals surface area (Å²) in [7, 11) is 0. The van der Waals surface area contributed by atoms with E-state index in [9.17, 15) is 9.90 Å². The molecule has 0 atom stereocenters. The average molecular weight is 335 g/mol. The number of fused-ring (bicyclic) bond motifs is 1. The minimum Gasteiger partial charge on any atom is -0.507 e. The van der Waals surface area contributed by atoms with Crippen LogP contribution in [0.3, 0.4) is 0 Å². The second-order valence-corrected chi connectivity index (χ2v) is 6.40. The molecule has 0 radical (unpaired) electrons. The molecule has 25 heavy (non-hydrogen) atoms. The van der Waals surface area contributed by atoms with Crippen LogP contribution in [-0.4, -0.2) is 17.6 Å². The van der Waals surface area contributed by atoms with Crippen LogP contribution < -0.4 is 10.1 Å². The Bertz CT molecular complexity index is 903. The highest BCUT2D eigenvalue weighted by Crippen LogP contribution is 2.26. The fourth-order valence-electron chi connectivity index (χ4n) is 2.54. The summed E-state index contributed by atoms with van der Waals surface area (Å²) < 4.78 is 5.68. The zero-order chi connectivity index (χ0) is 17.8. The molecule has 0 aliphatic rings. The van der Waals surface area contributed by atoms with Gasteiger partial charge in [-0.15, -0.1) is 0 Å². The van der Waals surface area contributed by atoms with Gasteiger partial charge in [-0.1, -0.05) is 44.2 Å². The molecule has 1 amide bonds. The van der Waals surface area contributed by atoms with Gasteiger partial charge >= 0.3 is 0 Å². The first-order valence-corrected chi connectivity index (χ1v) is 8.29. The van der Waals surface area contributed by atoms with E-state index in [1.54, 1.807) is 24.3 Å². The molecule has 0 bridgehead atoms. The Morgan fingerprint density at radius 1 is 1.04 bits per heavy atom. The van der Waals surface area contributed by atoms with E-state index in [1.165, 1.54) is 0 Å². The van der Waals surface area contributed by atoms with Crippen LogP contribution in [0, 0.1) is 5.92 Å². The number of rotatable bonds is 5. The van der Waals surface area contributed by atoms with E-state index in [-0.39, 0.29) is 17.2 Å². The Kier molecular flexibility index (Phi) is 4.89. The molecule has 0 aliphatic carbocycles. The first-order valence-electron chi connectivity index (χ1n) is 8.29. The van der Waals surface area contributed by atoms with Crippen LogP contribution in [-0.2, 0) is 0 Å². The van der Waals surface area contributed by atoms with Crippen molar-refractivity contribution in [1.29, 1.82) is 0 Å². The number of ether oxygens (including phenoxy) is 1. The lowest BCUT2D eigenvalue weighted by Gasteiger charge is -2.11. The number of hydrogen-bond acceptors (Lipinski definition) is 3. The Labute approximate surface area is 147 Å². The lowest BCUT2D eigenvalue weighted by molar-refractivity contribution is 0.102. The first-order chi connectivity index (χ1) is 12.0. The second-order valence-electron chi connectivity index (χ2n) is 6.40. The van der Waals surface area contributed by atoms with Gasteiger partial charge in [0.25, 0.3) is 5.91 Å². The number of phenolic OH excluding ortho intramolecular Hbond substituents is 1. The van der Waals surface area contributed by atoms with Gasteiger partial charge in [-0.3, -0.25) is 4.79 Å². The third kappa shape index (κ3) is 4.10. The Morgan fingerprint density at radius 2 is 1.76 bits per heavy atom. The van der Waals surface area contributed by atoms with E-state index in [2.05, 4.69) is 19.2 Å². The number of amides is 1. The van der Waals surface area contributed by atoms with Gasteiger partial charge in [-0.05, 0) is 41.0 Å². The summed E-state index contributed by atoms with van der Waals surface area (Å²) in [4.78, 5) is 12.5. The predicted octanol–water partition coefficient (Wildman–Crippen LogP) is 4.83. The first kappa shape index (κ1) is 16.8. The van der Waals surface area contributed by atoms with Crippen LogP contribution in [0.25, 0.3) is 10.8 Å². The molecule has 0 fully saturated rings. The van der Waals surface area contributed by atoms with Crippen molar-refractivity contribution in [3.63, 3.8) is 0 Å².